The lowest BCUT2D eigenvalue weighted by Gasteiger charge is -2.10. The number of halogens is 6. The Hall–Kier alpha value is -6.90. The summed E-state index contributed by atoms with van der Waals surface area (Å²) in [6, 6.07) is 38.4. The van der Waals surface area contributed by atoms with Crippen LogP contribution in [0.4, 0.5) is 0 Å². The maximum Gasteiger partial charge on any atom is 0.338 e. The molecule has 8 aromatic rings. The average Bonchev–Trinajstić information content (AvgIpc) is 4.18. The van der Waals surface area contributed by atoms with Crippen molar-refractivity contribution in [2.24, 2.45) is 0 Å². The third kappa shape index (κ3) is 10.4. The lowest BCUT2D eigenvalue weighted by molar-refractivity contribution is -0.133. The van der Waals surface area contributed by atoms with Crippen molar-refractivity contribution in [1.29, 1.82) is 0 Å². The van der Waals surface area contributed by atoms with Crippen LogP contribution in [0.15, 0.2) is 133 Å². The summed E-state index contributed by atoms with van der Waals surface area (Å²) in [7, 11) is 1.32. The van der Waals surface area contributed by atoms with Gasteiger partial charge in [-0.1, -0.05) is 93.9 Å². The normalized spacial score (nSPS) is 12.7. The Labute approximate surface area is 423 Å². The van der Waals surface area contributed by atoms with Crippen LogP contribution in [-0.2, 0) is 14.3 Å². The van der Waals surface area contributed by atoms with E-state index in [-0.39, 0.29) is 19.2 Å². The number of rotatable bonds is 10. The van der Waals surface area contributed by atoms with Gasteiger partial charge >= 0.3 is 11.9 Å². The number of ether oxygens (including phenoxy) is 5. The lowest BCUT2D eigenvalue weighted by Crippen LogP contribution is -2.04. The molecule has 0 spiro atoms. The van der Waals surface area contributed by atoms with E-state index in [9.17, 15) is 14.7 Å². The number of nitrogens with zero attached hydrogens (tertiary/aromatic N) is 4. The number of methoxy groups -OCH3 is 1. The number of hydrogen-bond acceptors (Lipinski definition) is 9. The van der Waals surface area contributed by atoms with Gasteiger partial charge in [0.25, 0.3) is 0 Å². The molecule has 0 unspecified atom stereocenters. The third-order valence-corrected chi connectivity index (χ3v) is 12.1. The number of carbonyl (C=O) groups is 2. The van der Waals surface area contributed by atoms with Gasteiger partial charge in [0.2, 0.25) is 13.6 Å². The second-order valence-corrected chi connectivity index (χ2v) is 17.6. The Balaban J connectivity index is 0.000000172. The number of aromatic nitrogens is 4. The van der Waals surface area contributed by atoms with Gasteiger partial charge in [0.05, 0.1) is 62.5 Å². The summed E-state index contributed by atoms with van der Waals surface area (Å²) >= 11 is 37.7. The van der Waals surface area contributed by atoms with Gasteiger partial charge in [0, 0.05) is 31.2 Å². The van der Waals surface area contributed by atoms with Gasteiger partial charge in [-0.25, -0.2) is 19.0 Å². The van der Waals surface area contributed by atoms with E-state index in [1.807, 2.05) is 36.4 Å². The van der Waals surface area contributed by atoms with Crippen molar-refractivity contribution in [2.75, 3.05) is 20.7 Å². The van der Waals surface area contributed by atoms with Crippen LogP contribution >= 0.6 is 69.6 Å². The minimum atomic E-state index is -1.11. The SMILES string of the molecule is COC(=O)/C(=C\c1cc(-c2ccc3c(c2)OCO3)n(-c2cc(Cl)ccc2Cl)n1)c1cccc(Cl)c1.O=C(O)/C(=C\c1cc(-c2ccc3c(c2)OCO3)n(-c2cc(Cl)ccc2Cl)n1)c1cccc(Cl)c1. The van der Waals surface area contributed by atoms with E-state index < -0.39 is 11.9 Å². The van der Waals surface area contributed by atoms with Crippen molar-refractivity contribution in [1.82, 2.24) is 19.6 Å². The number of hydrogen-bond donors (Lipinski definition) is 1. The highest BCUT2D eigenvalue weighted by Crippen LogP contribution is 2.40. The molecule has 2 aromatic heterocycles. The number of benzene rings is 6. The van der Waals surface area contributed by atoms with Crippen molar-refractivity contribution in [3.63, 3.8) is 0 Å². The van der Waals surface area contributed by atoms with Gasteiger partial charge in [-0.3, -0.25) is 0 Å². The first-order valence-corrected chi connectivity index (χ1v) is 22.8. The predicted octanol–water partition coefficient (Wildman–Crippen LogP) is 13.8. The molecule has 2 aliphatic heterocycles. The molecule has 0 radical (unpaired) electrons. The molecular formula is C51H32Cl6N4O8. The Morgan fingerprint density at radius 3 is 1.42 bits per heavy atom. The second kappa shape index (κ2) is 20.4. The van der Waals surface area contributed by atoms with Crippen LogP contribution in [0.1, 0.15) is 22.5 Å². The Bertz CT molecular complexity index is 3390. The molecule has 0 saturated heterocycles. The topological polar surface area (TPSA) is 136 Å². The maximum absolute atomic E-state index is 12.6. The summed E-state index contributed by atoms with van der Waals surface area (Å²) in [6.07, 6.45) is 3.13. The standard InChI is InChI=1S/C26H17Cl3N2O4.C25H15Cl3N2O4/c1-33-26(32)20(15-3-2-4-17(27)9-15)12-19-13-22(16-5-8-24-25(10-16)35-14-34-24)31(30-19)23-11-18(28)6-7-21(23)29;26-16-3-1-2-14(8-16)19(25(31)32)11-18-12-21(15-4-7-23-24(9-15)34-13-33-23)30(29-18)22-10-17(27)5-6-20(22)28/h2-13H,14H2,1H3;1-12H,13H2,(H,31,32)/b20-12-;19-11-. The fourth-order valence-corrected chi connectivity index (χ4v) is 8.48. The number of carboxylic acids is 1. The molecule has 0 fully saturated rings. The highest BCUT2D eigenvalue weighted by molar-refractivity contribution is 6.35. The van der Waals surface area contributed by atoms with Crippen LogP contribution in [0.3, 0.4) is 0 Å². The number of carbonyl (C=O) groups excluding carboxylic acids is 1. The van der Waals surface area contributed by atoms with Crippen molar-refractivity contribution in [3.05, 3.63) is 186 Å². The number of fused-ring (bicyclic) bond motifs is 2. The first-order valence-electron chi connectivity index (χ1n) is 20.5. The Kier molecular flexibility index (Phi) is 13.9. The van der Waals surface area contributed by atoms with Crippen LogP contribution in [0.5, 0.6) is 23.0 Å². The molecule has 0 atom stereocenters. The second-order valence-electron chi connectivity index (χ2n) is 15.0. The van der Waals surface area contributed by atoms with Gasteiger partial charge < -0.3 is 28.8 Å². The van der Waals surface area contributed by atoms with E-state index in [1.165, 1.54) is 13.2 Å². The fourth-order valence-electron chi connectivity index (χ4n) is 7.37. The fraction of sp³-hybridized carbons (Fsp3) is 0.0588. The zero-order valence-corrected chi connectivity index (χ0v) is 40.2. The summed E-state index contributed by atoms with van der Waals surface area (Å²) in [6.45, 7) is 0.308. The molecule has 18 heteroatoms. The summed E-state index contributed by atoms with van der Waals surface area (Å²) in [5, 5.41) is 22.0. The van der Waals surface area contributed by atoms with Crippen LogP contribution in [0.2, 0.25) is 30.1 Å². The summed E-state index contributed by atoms with van der Waals surface area (Å²) < 4.78 is 30.2. The van der Waals surface area contributed by atoms with E-state index in [0.29, 0.717) is 104 Å². The molecule has 0 bridgehead atoms. The van der Waals surface area contributed by atoms with Crippen LogP contribution < -0.4 is 18.9 Å². The van der Waals surface area contributed by atoms with Crippen molar-refractivity contribution >= 4 is 105 Å². The third-order valence-electron chi connectivity index (χ3n) is 10.6. The molecule has 0 aliphatic carbocycles. The zero-order chi connectivity index (χ0) is 48.3. The molecule has 12 nitrogen and oxygen atoms in total. The molecule has 10 rings (SSSR count). The summed E-state index contributed by atoms with van der Waals surface area (Å²) in [5.41, 5.74) is 6.36. The largest absolute Gasteiger partial charge is 0.478 e. The minimum Gasteiger partial charge on any atom is -0.478 e. The highest BCUT2D eigenvalue weighted by atomic mass is 35.5. The molecule has 2 aliphatic rings. The first-order chi connectivity index (χ1) is 33.3. The summed E-state index contributed by atoms with van der Waals surface area (Å²) in [4.78, 5) is 24.7. The number of esters is 1. The van der Waals surface area contributed by atoms with E-state index in [2.05, 4.69) is 5.10 Å². The van der Waals surface area contributed by atoms with Gasteiger partial charge in [-0.05, 0) is 132 Å². The first kappa shape index (κ1) is 47.2. The quantitative estimate of drug-likeness (QED) is 0.104. The van der Waals surface area contributed by atoms with Crippen molar-refractivity contribution in [2.45, 2.75) is 0 Å². The molecule has 0 saturated carbocycles. The molecule has 1 N–H and O–H groups in total. The molecule has 69 heavy (non-hydrogen) atoms. The zero-order valence-electron chi connectivity index (χ0n) is 35.6. The van der Waals surface area contributed by atoms with Crippen molar-refractivity contribution in [3.8, 4) is 56.9 Å². The van der Waals surface area contributed by atoms with Gasteiger partial charge in [0.15, 0.2) is 23.0 Å². The number of aliphatic carboxylic acids is 1. The van der Waals surface area contributed by atoms with Crippen LogP contribution in [-0.4, -0.2) is 57.3 Å². The minimum absolute atomic E-state index is 0.0431. The maximum atomic E-state index is 12.6. The van der Waals surface area contributed by atoms with Gasteiger partial charge in [0.1, 0.15) is 0 Å². The Morgan fingerprint density at radius 1 is 0.536 bits per heavy atom. The van der Waals surface area contributed by atoms with Crippen molar-refractivity contribution < 1.29 is 38.4 Å². The molecule has 6 aromatic carbocycles. The summed E-state index contributed by atoms with van der Waals surface area (Å²) in [5.74, 6) is 0.900. The van der Waals surface area contributed by atoms with Crippen LogP contribution in [0.25, 0.3) is 57.2 Å². The molecule has 4 heterocycles. The molecule has 346 valence electrons. The van der Waals surface area contributed by atoms with E-state index in [4.69, 9.17) is 98.4 Å². The predicted molar refractivity (Wildman–Crippen MR) is 269 cm³/mol. The smallest absolute Gasteiger partial charge is 0.338 e. The number of carboxylic acid groups (broad SMARTS) is 1. The Morgan fingerprint density at radius 2 is 0.971 bits per heavy atom. The van der Waals surface area contributed by atoms with Gasteiger partial charge in [-0.2, -0.15) is 10.2 Å². The van der Waals surface area contributed by atoms with E-state index >= 15 is 0 Å². The average molecular weight is 1040 g/mol. The molecular weight excluding hydrogens is 1010 g/mol. The monoisotopic (exact) mass is 1040 g/mol. The van der Waals surface area contributed by atoms with E-state index in [1.54, 1.807) is 113 Å². The highest BCUT2D eigenvalue weighted by Gasteiger charge is 2.23. The van der Waals surface area contributed by atoms with E-state index in [0.717, 1.165) is 11.1 Å². The lowest BCUT2D eigenvalue weighted by atomic mass is 10.0. The van der Waals surface area contributed by atoms with Crippen LogP contribution in [0, 0.1) is 0 Å². The molecule has 0 amide bonds. The van der Waals surface area contributed by atoms with Gasteiger partial charge in [-0.15, -0.1) is 0 Å².